The lowest BCUT2D eigenvalue weighted by Gasteiger charge is -2.39. The number of amides is 1. The zero-order valence-corrected chi connectivity index (χ0v) is 15.5. The summed E-state index contributed by atoms with van der Waals surface area (Å²) < 4.78 is 0. The summed E-state index contributed by atoms with van der Waals surface area (Å²) >= 11 is 1.81. The molecule has 1 amide bonds. The van der Waals surface area contributed by atoms with Crippen molar-refractivity contribution in [3.63, 3.8) is 0 Å². The largest absolute Gasteiger partial charge is 0.352 e. The third-order valence-corrected chi connectivity index (χ3v) is 5.94. The molecule has 1 saturated carbocycles. The van der Waals surface area contributed by atoms with Gasteiger partial charge in [0.25, 0.3) is 0 Å². The number of hydrogen-bond acceptors (Lipinski definition) is 4. The first kappa shape index (κ1) is 20.4. The summed E-state index contributed by atoms with van der Waals surface area (Å²) in [6.45, 7) is 2.34. The highest BCUT2D eigenvalue weighted by molar-refractivity contribution is 7.99. The minimum atomic E-state index is 0. The fraction of sp³-hybridized carbons (Fsp3) is 0.933. The molecule has 4 nitrogen and oxygen atoms in total. The van der Waals surface area contributed by atoms with Gasteiger partial charge in [-0.1, -0.05) is 19.3 Å². The number of rotatable bonds is 3. The van der Waals surface area contributed by atoms with Crippen LogP contribution in [0.5, 0.6) is 0 Å². The minimum Gasteiger partial charge on any atom is -0.352 e. The van der Waals surface area contributed by atoms with Gasteiger partial charge in [0.2, 0.25) is 5.91 Å². The van der Waals surface area contributed by atoms with E-state index in [-0.39, 0.29) is 36.8 Å². The fourth-order valence-corrected chi connectivity index (χ4v) is 4.66. The van der Waals surface area contributed by atoms with Gasteiger partial charge in [-0.3, -0.25) is 10.1 Å². The first-order valence-corrected chi connectivity index (χ1v) is 9.34. The Morgan fingerprint density at radius 3 is 2.32 bits per heavy atom. The van der Waals surface area contributed by atoms with Crippen LogP contribution in [-0.2, 0) is 4.79 Å². The Labute approximate surface area is 150 Å². The highest BCUT2D eigenvalue weighted by atomic mass is 35.5. The lowest BCUT2D eigenvalue weighted by Crippen LogP contribution is -2.51. The predicted molar refractivity (Wildman–Crippen MR) is 98.4 cm³/mol. The van der Waals surface area contributed by atoms with Gasteiger partial charge in [-0.2, -0.15) is 0 Å². The molecule has 0 aromatic heterocycles. The van der Waals surface area contributed by atoms with E-state index in [4.69, 9.17) is 0 Å². The summed E-state index contributed by atoms with van der Waals surface area (Å²) in [5, 5.41) is 6.49. The minimum absolute atomic E-state index is 0. The number of likely N-dealkylation sites (tertiary alicyclic amines) is 1. The molecule has 7 heteroatoms. The second-order valence-electron chi connectivity index (χ2n) is 6.38. The summed E-state index contributed by atoms with van der Waals surface area (Å²) in [7, 11) is 0. The van der Waals surface area contributed by atoms with Gasteiger partial charge in [-0.25, -0.2) is 0 Å². The van der Waals surface area contributed by atoms with E-state index in [1.807, 2.05) is 11.8 Å². The van der Waals surface area contributed by atoms with Crippen molar-refractivity contribution in [3.8, 4) is 0 Å². The van der Waals surface area contributed by atoms with Crippen LogP contribution in [0.2, 0.25) is 0 Å². The monoisotopic (exact) mass is 369 g/mol. The Kier molecular flexibility index (Phi) is 9.48. The van der Waals surface area contributed by atoms with Crippen LogP contribution < -0.4 is 10.6 Å². The molecular formula is C15H29Cl2N3OS. The van der Waals surface area contributed by atoms with Crippen LogP contribution in [0.15, 0.2) is 0 Å². The molecule has 1 aliphatic carbocycles. The molecule has 130 valence electrons. The Morgan fingerprint density at radius 2 is 1.73 bits per heavy atom. The summed E-state index contributed by atoms with van der Waals surface area (Å²) in [6, 6.07) is 1.26. The van der Waals surface area contributed by atoms with Crippen molar-refractivity contribution in [1.29, 1.82) is 0 Å². The molecule has 0 aromatic carbocycles. The number of piperidine rings is 1. The van der Waals surface area contributed by atoms with Crippen LogP contribution in [-0.4, -0.2) is 53.7 Å². The molecule has 3 rings (SSSR count). The molecule has 1 atom stereocenters. The first-order chi connectivity index (χ1) is 9.83. The van der Waals surface area contributed by atoms with Crippen molar-refractivity contribution in [1.82, 2.24) is 15.5 Å². The molecule has 0 aromatic rings. The number of thioether (sulfide) groups is 1. The third-order valence-electron chi connectivity index (χ3n) is 5.00. The molecule has 3 fully saturated rings. The summed E-state index contributed by atoms with van der Waals surface area (Å²) in [6.07, 6.45) is 9.28. The second-order valence-corrected chi connectivity index (χ2v) is 7.41. The van der Waals surface area contributed by atoms with E-state index in [0.29, 0.717) is 6.04 Å². The normalized spacial score (nSPS) is 27.7. The van der Waals surface area contributed by atoms with Gasteiger partial charge >= 0.3 is 0 Å². The van der Waals surface area contributed by atoms with E-state index >= 15 is 0 Å². The van der Waals surface area contributed by atoms with Crippen molar-refractivity contribution < 1.29 is 4.79 Å². The number of nitrogens with zero attached hydrogens (tertiary/aromatic N) is 1. The number of nitrogens with one attached hydrogen (secondary N) is 2. The van der Waals surface area contributed by atoms with Gasteiger partial charge < -0.3 is 10.2 Å². The molecule has 1 unspecified atom stereocenters. The van der Waals surface area contributed by atoms with E-state index in [1.165, 1.54) is 45.2 Å². The maximum Gasteiger partial charge on any atom is 0.238 e. The van der Waals surface area contributed by atoms with E-state index in [1.54, 1.807) is 0 Å². The molecule has 22 heavy (non-hydrogen) atoms. The van der Waals surface area contributed by atoms with Crippen molar-refractivity contribution in [2.24, 2.45) is 0 Å². The van der Waals surface area contributed by atoms with Crippen molar-refractivity contribution in [2.75, 3.05) is 24.7 Å². The zero-order chi connectivity index (χ0) is 13.8. The zero-order valence-electron chi connectivity index (χ0n) is 13.1. The van der Waals surface area contributed by atoms with Crippen LogP contribution in [0.1, 0.15) is 44.9 Å². The fourth-order valence-electron chi connectivity index (χ4n) is 3.72. The van der Waals surface area contributed by atoms with E-state index < -0.39 is 0 Å². The van der Waals surface area contributed by atoms with E-state index in [9.17, 15) is 4.79 Å². The summed E-state index contributed by atoms with van der Waals surface area (Å²) in [5.74, 6) is 2.05. The Bertz CT molecular complexity index is 329. The molecule has 2 heterocycles. The molecule has 0 spiro atoms. The topological polar surface area (TPSA) is 44.4 Å². The van der Waals surface area contributed by atoms with Crippen molar-refractivity contribution in [3.05, 3.63) is 0 Å². The summed E-state index contributed by atoms with van der Waals surface area (Å²) in [4.78, 5) is 14.8. The molecular weight excluding hydrogens is 341 g/mol. The van der Waals surface area contributed by atoms with Crippen LogP contribution in [0, 0.1) is 0 Å². The maximum absolute atomic E-state index is 12.1. The predicted octanol–water partition coefficient (Wildman–Crippen LogP) is 2.41. The first-order valence-electron chi connectivity index (χ1n) is 8.18. The number of carbonyl (C=O) groups is 1. The molecule has 0 bridgehead atoms. The maximum atomic E-state index is 12.1. The smallest absolute Gasteiger partial charge is 0.238 e. The molecule has 2 saturated heterocycles. The SMILES string of the molecule is Cl.Cl.O=C(NC1CCN(C2CCCCC2)CC1)C1CSCN1. The van der Waals surface area contributed by atoms with Gasteiger partial charge in [-0.05, 0) is 25.7 Å². The number of halogens is 2. The highest BCUT2D eigenvalue weighted by Crippen LogP contribution is 2.25. The third kappa shape index (κ3) is 5.45. The Morgan fingerprint density at radius 1 is 1.05 bits per heavy atom. The van der Waals surface area contributed by atoms with Gasteiger partial charge in [-0.15, -0.1) is 36.6 Å². The Hall–Kier alpha value is 0.320. The Balaban J connectivity index is 0.00000121. The highest BCUT2D eigenvalue weighted by Gasteiger charge is 2.29. The average Bonchev–Trinajstić information content (AvgIpc) is 3.03. The van der Waals surface area contributed by atoms with Crippen LogP contribution in [0.3, 0.4) is 0 Å². The van der Waals surface area contributed by atoms with Crippen molar-refractivity contribution in [2.45, 2.75) is 63.1 Å². The van der Waals surface area contributed by atoms with E-state index in [2.05, 4.69) is 15.5 Å². The molecule has 2 aliphatic heterocycles. The van der Waals surface area contributed by atoms with Crippen molar-refractivity contribution >= 4 is 42.5 Å². The molecule has 0 radical (unpaired) electrons. The van der Waals surface area contributed by atoms with Gasteiger partial charge in [0.1, 0.15) is 0 Å². The lowest BCUT2D eigenvalue weighted by atomic mass is 9.92. The number of carbonyl (C=O) groups excluding carboxylic acids is 1. The average molecular weight is 370 g/mol. The molecule has 3 aliphatic rings. The quantitative estimate of drug-likeness (QED) is 0.801. The summed E-state index contributed by atoms with van der Waals surface area (Å²) in [5.41, 5.74) is 0. The van der Waals surface area contributed by atoms with Gasteiger partial charge in [0.15, 0.2) is 0 Å². The van der Waals surface area contributed by atoms with Crippen LogP contribution in [0.25, 0.3) is 0 Å². The van der Waals surface area contributed by atoms with E-state index in [0.717, 1.165) is 30.5 Å². The lowest BCUT2D eigenvalue weighted by molar-refractivity contribution is -0.123. The van der Waals surface area contributed by atoms with Crippen LogP contribution in [0.4, 0.5) is 0 Å². The number of hydrogen-bond donors (Lipinski definition) is 2. The molecule has 2 N–H and O–H groups in total. The van der Waals surface area contributed by atoms with Crippen LogP contribution >= 0.6 is 36.6 Å². The van der Waals surface area contributed by atoms with Gasteiger partial charge in [0, 0.05) is 36.8 Å². The van der Waals surface area contributed by atoms with Gasteiger partial charge in [0.05, 0.1) is 6.04 Å². The standard InChI is InChI=1S/C15H27N3OS.2ClH/c19-15(14-10-20-11-16-14)17-12-6-8-18(9-7-12)13-4-2-1-3-5-13;;/h12-14,16H,1-11H2,(H,17,19);2*1H. The second kappa shape index (κ2) is 10.2.